The largest absolute Gasteiger partial charge is 0.574 e. The number of aldehydes is 1. The molecule has 0 saturated heterocycles. The van der Waals surface area contributed by atoms with Crippen LogP contribution in [-0.4, -0.2) is 17.6 Å². The summed E-state index contributed by atoms with van der Waals surface area (Å²) in [6, 6.07) is 0.207. The van der Waals surface area contributed by atoms with Crippen LogP contribution in [0, 0.1) is 0 Å². The van der Waals surface area contributed by atoms with E-state index in [1.807, 2.05) is 0 Å². The molecular formula is C9H4ClF6NO2. The summed E-state index contributed by atoms with van der Waals surface area (Å²) < 4.78 is 76.8. The molecule has 0 aliphatic rings. The maximum Gasteiger partial charge on any atom is 0.574 e. The first-order valence-electron chi connectivity index (χ1n) is 4.46. The number of hydrogen-bond donors (Lipinski definition) is 0. The normalized spacial score (nSPS) is 12.4. The van der Waals surface area contributed by atoms with E-state index in [-0.39, 0.29) is 12.4 Å². The van der Waals surface area contributed by atoms with Crippen LogP contribution in [-0.2, 0) is 12.1 Å². The van der Waals surface area contributed by atoms with Gasteiger partial charge >= 0.3 is 12.5 Å². The van der Waals surface area contributed by atoms with Gasteiger partial charge in [0, 0.05) is 5.56 Å². The maximum absolute atomic E-state index is 12.5. The first-order valence-corrected chi connectivity index (χ1v) is 5.00. The van der Waals surface area contributed by atoms with Crippen molar-refractivity contribution in [3.05, 3.63) is 22.9 Å². The fraction of sp³-hybridized carbons (Fsp3) is 0.333. The van der Waals surface area contributed by atoms with Crippen molar-refractivity contribution in [2.24, 2.45) is 0 Å². The lowest BCUT2D eigenvalue weighted by molar-refractivity contribution is -0.277. The molecule has 0 fully saturated rings. The zero-order valence-corrected chi connectivity index (χ0v) is 9.53. The summed E-state index contributed by atoms with van der Waals surface area (Å²) >= 11 is 5.28. The van der Waals surface area contributed by atoms with Crippen molar-refractivity contribution >= 4 is 17.9 Å². The molecule has 0 saturated carbocycles. The summed E-state index contributed by atoms with van der Waals surface area (Å²) in [5, 5.41) is 0. The second-order valence-electron chi connectivity index (χ2n) is 3.17. The van der Waals surface area contributed by atoms with E-state index in [1.54, 1.807) is 0 Å². The van der Waals surface area contributed by atoms with Crippen LogP contribution >= 0.6 is 11.6 Å². The van der Waals surface area contributed by atoms with Crippen LogP contribution in [0.25, 0.3) is 0 Å². The second-order valence-corrected chi connectivity index (χ2v) is 3.44. The highest BCUT2D eigenvalue weighted by atomic mass is 35.5. The van der Waals surface area contributed by atoms with Gasteiger partial charge in [-0.25, -0.2) is 4.98 Å². The Kier molecular flexibility index (Phi) is 4.28. The zero-order chi connectivity index (χ0) is 14.8. The number of aromatic nitrogens is 1. The minimum Gasteiger partial charge on any atom is -0.387 e. The lowest BCUT2D eigenvalue weighted by Crippen LogP contribution is -2.22. The number of alkyl halides is 7. The minimum absolute atomic E-state index is 0.0112. The van der Waals surface area contributed by atoms with E-state index in [1.165, 1.54) is 0 Å². The Hall–Kier alpha value is -1.51. The fourth-order valence-corrected chi connectivity index (χ4v) is 1.36. The summed E-state index contributed by atoms with van der Waals surface area (Å²) in [7, 11) is 0. The molecule has 10 heteroatoms. The average molecular weight is 308 g/mol. The number of halogens is 7. The summed E-state index contributed by atoms with van der Waals surface area (Å²) in [6.45, 7) is 0. The second kappa shape index (κ2) is 5.24. The highest BCUT2D eigenvalue weighted by Gasteiger charge is 2.41. The first-order chi connectivity index (χ1) is 8.58. The average Bonchev–Trinajstić information content (AvgIpc) is 2.24. The minimum atomic E-state index is -5.35. The van der Waals surface area contributed by atoms with E-state index in [0.29, 0.717) is 0 Å². The summed E-state index contributed by atoms with van der Waals surface area (Å²) in [4.78, 5) is 13.5. The Morgan fingerprint density at radius 2 is 1.84 bits per heavy atom. The molecule has 1 aromatic heterocycles. The van der Waals surface area contributed by atoms with Crippen LogP contribution in [0.4, 0.5) is 26.3 Å². The van der Waals surface area contributed by atoms with Crippen LogP contribution in [0.2, 0.25) is 0 Å². The van der Waals surface area contributed by atoms with Crippen LogP contribution in [0.5, 0.6) is 5.88 Å². The molecule has 0 aromatic carbocycles. The van der Waals surface area contributed by atoms with E-state index in [4.69, 9.17) is 11.6 Å². The van der Waals surface area contributed by atoms with Crippen LogP contribution in [0.1, 0.15) is 21.6 Å². The van der Waals surface area contributed by atoms with Gasteiger partial charge in [-0.2, -0.15) is 13.2 Å². The Labute approximate surface area is 107 Å². The lowest BCUT2D eigenvalue weighted by Gasteiger charge is -2.15. The molecular weight excluding hydrogens is 304 g/mol. The van der Waals surface area contributed by atoms with E-state index in [0.717, 1.165) is 0 Å². The van der Waals surface area contributed by atoms with Gasteiger partial charge in [0.1, 0.15) is 5.56 Å². The van der Waals surface area contributed by atoms with Gasteiger partial charge in [-0.05, 0) is 6.07 Å². The molecule has 0 unspecified atom stereocenters. The van der Waals surface area contributed by atoms with E-state index in [2.05, 4.69) is 9.72 Å². The maximum atomic E-state index is 12.5. The molecule has 0 radical (unpaired) electrons. The van der Waals surface area contributed by atoms with Gasteiger partial charge in [0.2, 0.25) is 5.88 Å². The monoisotopic (exact) mass is 307 g/mol. The molecule has 0 atom stereocenters. The number of rotatable bonds is 3. The summed E-state index contributed by atoms with van der Waals surface area (Å²) in [5.74, 6) is -2.23. The topological polar surface area (TPSA) is 39.2 Å². The lowest BCUT2D eigenvalue weighted by atomic mass is 10.1. The molecule has 1 aromatic rings. The first kappa shape index (κ1) is 15.5. The van der Waals surface area contributed by atoms with Crippen LogP contribution in [0.15, 0.2) is 6.07 Å². The van der Waals surface area contributed by atoms with Gasteiger partial charge in [0.25, 0.3) is 0 Å². The highest BCUT2D eigenvalue weighted by Crippen LogP contribution is 2.38. The number of hydrogen-bond acceptors (Lipinski definition) is 3. The standard InChI is InChI=1S/C9H4ClF6NO2/c10-2-6-4(3-18)1-5(8(11,12)13)7(17-6)19-9(14,15)16/h1,3H,2H2. The van der Waals surface area contributed by atoms with Crippen molar-refractivity contribution < 1.29 is 35.9 Å². The third-order valence-electron chi connectivity index (χ3n) is 1.87. The summed E-state index contributed by atoms with van der Waals surface area (Å²) in [6.07, 6.45) is -10.5. The Bertz CT molecular complexity index is 485. The van der Waals surface area contributed by atoms with Gasteiger partial charge in [0.15, 0.2) is 6.29 Å². The predicted molar refractivity (Wildman–Crippen MR) is 50.9 cm³/mol. The number of carbonyl (C=O) groups excluding carboxylic acids is 1. The molecule has 1 rings (SSSR count). The third kappa shape index (κ3) is 3.98. The Balaban J connectivity index is 3.45. The van der Waals surface area contributed by atoms with Crippen molar-refractivity contribution in [1.82, 2.24) is 4.98 Å². The van der Waals surface area contributed by atoms with Crippen molar-refractivity contribution in [2.75, 3.05) is 0 Å². The fourth-order valence-electron chi connectivity index (χ4n) is 1.15. The molecule has 3 nitrogen and oxygen atoms in total. The smallest absolute Gasteiger partial charge is 0.387 e. The van der Waals surface area contributed by atoms with Gasteiger partial charge in [-0.1, -0.05) is 0 Å². The van der Waals surface area contributed by atoms with Crippen molar-refractivity contribution in [2.45, 2.75) is 18.4 Å². The van der Waals surface area contributed by atoms with Crippen LogP contribution in [0.3, 0.4) is 0 Å². The predicted octanol–water partition coefficient (Wildman–Crippen LogP) is 3.55. The Morgan fingerprint density at radius 1 is 1.26 bits per heavy atom. The molecule has 0 N–H and O–H groups in total. The zero-order valence-electron chi connectivity index (χ0n) is 8.77. The van der Waals surface area contributed by atoms with Gasteiger partial charge in [-0.3, -0.25) is 4.79 Å². The number of carbonyl (C=O) groups is 1. The third-order valence-corrected chi connectivity index (χ3v) is 2.12. The molecule has 0 aliphatic carbocycles. The molecule has 1 heterocycles. The molecule has 19 heavy (non-hydrogen) atoms. The van der Waals surface area contributed by atoms with Gasteiger partial charge < -0.3 is 4.74 Å². The number of ether oxygens (including phenoxy) is 1. The Morgan fingerprint density at radius 3 is 2.21 bits per heavy atom. The molecule has 0 amide bonds. The van der Waals surface area contributed by atoms with E-state index in [9.17, 15) is 31.1 Å². The van der Waals surface area contributed by atoms with Gasteiger partial charge in [0.05, 0.1) is 11.6 Å². The van der Waals surface area contributed by atoms with Crippen molar-refractivity contribution in [1.29, 1.82) is 0 Å². The highest BCUT2D eigenvalue weighted by molar-refractivity contribution is 6.17. The summed E-state index contributed by atoms with van der Waals surface area (Å²) in [5.41, 5.74) is -2.80. The number of pyridine rings is 1. The molecule has 0 aliphatic heterocycles. The molecule has 106 valence electrons. The van der Waals surface area contributed by atoms with Gasteiger partial charge in [-0.15, -0.1) is 24.8 Å². The van der Waals surface area contributed by atoms with E-state index >= 15 is 0 Å². The number of nitrogens with zero attached hydrogens (tertiary/aromatic N) is 1. The molecule has 0 bridgehead atoms. The van der Waals surface area contributed by atoms with Crippen LogP contribution < -0.4 is 4.74 Å². The molecule has 0 spiro atoms. The van der Waals surface area contributed by atoms with Crippen molar-refractivity contribution in [3.63, 3.8) is 0 Å². The van der Waals surface area contributed by atoms with E-state index < -0.39 is 41.1 Å². The van der Waals surface area contributed by atoms with Crippen molar-refractivity contribution in [3.8, 4) is 5.88 Å². The SMILES string of the molecule is O=Cc1cc(C(F)(F)F)c(OC(F)(F)F)nc1CCl. The quantitative estimate of drug-likeness (QED) is 0.487.